The summed E-state index contributed by atoms with van der Waals surface area (Å²) in [4.78, 5) is 42.2. The van der Waals surface area contributed by atoms with E-state index in [0.29, 0.717) is 36.3 Å². The molecule has 3 N–H and O–H groups in total. The molecule has 2 heterocycles. The number of ether oxygens (including phenoxy) is 2. The van der Waals surface area contributed by atoms with Gasteiger partial charge in [0.25, 0.3) is 11.8 Å². The van der Waals surface area contributed by atoms with Crippen molar-refractivity contribution in [2.45, 2.75) is 120 Å². The van der Waals surface area contributed by atoms with Crippen LogP contribution in [0.15, 0.2) is 84.9 Å². The average Bonchev–Trinajstić information content (AvgIpc) is 3.77. The molecule has 0 radical (unpaired) electrons. The maximum absolute atomic E-state index is 16.9. The van der Waals surface area contributed by atoms with E-state index in [4.69, 9.17) is 21.1 Å². The molecule has 2 bridgehead atoms. The fraction of sp³-hybridized carbons (Fsp3) is 0.432. The highest BCUT2D eigenvalue weighted by Crippen LogP contribution is 2.41. The number of aliphatic hydroxyl groups is 1. The zero-order valence-corrected chi connectivity index (χ0v) is 32.5. The van der Waals surface area contributed by atoms with Crippen molar-refractivity contribution < 1.29 is 37.7 Å². The largest absolute Gasteiger partial charge is 0.490 e. The number of piperidine rings is 1. The summed E-state index contributed by atoms with van der Waals surface area (Å²) in [6.45, 7) is 5.28. The van der Waals surface area contributed by atoms with Crippen LogP contribution in [0, 0.1) is 0 Å². The molecule has 7 rings (SSSR count). The second kappa shape index (κ2) is 16.0. The number of benzene rings is 4. The van der Waals surface area contributed by atoms with E-state index >= 15 is 8.78 Å². The smallest absolute Gasteiger partial charge is 0.407 e. The number of carbonyl (C=O) groups excluding carboxylic acids is 3. The van der Waals surface area contributed by atoms with Gasteiger partial charge in [-0.1, -0.05) is 66.2 Å². The molecule has 12 heteroatoms. The van der Waals surface area contributed by atoms with Crippen LogP contribution < -0.4 is 15.4 Å². The number of nitrogens with one attached hydrogen (secondary N) is 2. The number of nitrogens with zero attached hydrogens (tertiary/aromatic N) is 1. The number of hydrogen-bond acceptors (Lipinski definition) is 6. The van der Waals surface area contributed by atoms with Gasteiger partial charge in [0.05, 0.1) is 6.10 Å². The van der Waals surface area contributed by atoms with E-state index in [1.807, 2.05) is 18.2 Å². The van der Waals surface area contributed by atoms with Crippen molar-refractivity contribution in [3.8, 4) is 16.9 Å². The third-order valence-electron chi connectivity index (χ3n) is 11.1. The summed E-state index contributed by atoms with van der Waals surface area (Å²) in [6, 6.07) is 19.5. The number of halogens is 3. The fourth-order valence-corrected chi connectivity index (χ4v) is 8.46. The van der Waals surface area contributed by atoms with Gasteiger partial charge in [-0.2, -0.15) is 8.78 Å². The number of carbonyl (C=O) groups is 3. The van der Waals surface area contributed by atoms with Crippen molar-refractivity contribution in [1.82, 2.24) is 15.5 Å². The van der Waals surface area contributed by atoms with Gasteiger partial charge in [-0.05, 0) is 130 Å². The van der Waals surface area contributed by atoms with E-state index in [-0.39, 0.29) is 17.7 Å². The van der Waals surface area contributed by atoms with Crippen molar-refractivity contribution in [2.75, 3.05) is 0 Å². The third-order valence-corrected chi connectivity index (χ3v) is 11.3. The van der Waals surface area contributed by atoms with Crippen LogP contribution in [-0.2, 0) is 20.2 Å². The minimum Gasteiger partial charge on any atom is -0.490 e. The standard InChI is InChI=1S/C44H48ClF2N3O6/c1-43(2,3)56-42(54)48-33-24-34-19-20-35(25-33)50(34)41(53)39(44(46,47)31-15-10-26(11-16-31)27-12-17-32(45)18-13-27)49-40(52)38(51)30-9-8-29-23-37(21-14-28(29)22-30)55-36-6-4-5-7-36/h8-18,21-23,33-36,38-39,51H,4-7,19-20,24-25H2,1-3H3,(H,48,54)(H,49,52)/t33?,34?,35?,38-,39-/m1/s1. The minimum absolute atomic E-state index is 0.183. The van der Waals surface area contributed by atoms with Gasteiger partial charge < -0.3 is 30.1 Å². The minimum atomic E-state index is -3.88. The maximum Gasteiger partial charge on any atom is 0.407 e. The zero-order chi connectivity index (χ0) is 39.8. The Bertz CT molecular complexity index is 2050. The predicted octanol–water partition coefficient (Wildman–Crippen LogP) is 8.84. The molecular formula is C44H48ClF2N3O6. The van der Waals surface area contributed by atoms with Crippen molar-refractivity contribution in [3.63, 3.8) is 0 Å². The van der Waals surface area contributed by atoms with E-state index in [1.54, 1.807) is 63.2 Å². The molecule has 4 aromatic carbocycles. The molecule has 1 saturated carbocycles. The monoisotopic (exact) mass is 787 g/mol. The first-order chi connectivity index (χ1) is 26.6. The van der Waals surface area contributed by atoms with Crippen LogP contribution in [0.1, 0.15) is 89.4 Å². The summed E-state index contributed by atoms with van der Waals surface area (Å²) in [5.41, 5.74) is 0.443. The first kappa shape index (κ1) is 39.5. The predicted molar refractivity (Wildman–Crippen MR) is 211 cm³/mol. The Morgan fingerprint density at radius 1 is 0.821 bits per heavy atom. The number of fused-ring (bicyclic) bond motifs is 3. The van der Waals surface area contributed by atoms with Crippen molar-refractivity contribution >= 4 is 40.3 Å². The highest BCUT2D eigenvalue weighted by Gasteiger charge is 2.53. The van der Waals surface area contributed by atoms with Crippen LogP contribution in [0.25, 0.3) is 21.9 Å². The fourth-order valence-electron chi connectivity index (χ4n) is 8.34. The number of aliphatic hydroxyl groups excluding tert-OH is 1. The summed E-state index contributed by atoms with van der Waals surface area (Å²) >= 11 is 6.03. The van der Waals surface area contributed by atoms with E-state index in [9.17, 15) is 19.5 Å². The summed E-state index contributed by atoms with van der Waals surface area (Å²) < 4.78 is 45.3. The Balaban J connectivity index is 1.13. The SMILES string of the molecule is CC(C)(C)OC(=O)NC1CC2CCC(C1)N2C(=O)[C@@H](NC(=O)[C@H](O)c1ccc2cc(OC3CCCC3)ccc2c1)C(F)(F)c1ccc(-c2ccc(Cl)cc2)cc1. The normalized spacial score (nSPS) is 21.1. The zero-order valence-electron chi connectivity index (χ0n) is 31.8. The van der Waals surface area contributed by atoms with Crippen LogP contribution in [0.4, 0.5) is 13.6 Å². The van der Waals surface area contributed by atoms with Gasteiger partial charge in [-0.3, -0.25) is 9.59 Å². The number of alkyl carbamates (subject to hydrolysis) is 1. The molecule has 2 unspecified atom stereocenters. The topological polar surface area (TPSA) is 117 Å². The van der Waals surface area contributed by atoms with Gasteiger partial charge in [0.1, 0.15) is 11.4 Å². The van der Waals surface area contributed by atoms with Gasteiger partial charge in [-0.15, -0.1) is 0 Å². The lowest BCUT2D eigenvalue weighted by Crippen LogP contribution is -2.61. The molecule has 3 aliphatic rings. The molecule has 56 heavy (non-hydrogen) atoms. The highest BCUT2D eigenvalue weighted by atomic mass is 35.5. The van der Waals surface area contributed by atoms with Crippen LogP contribution in [0.2, 0.25) is 5.02 Å². The molecule has 1 aliphatic carbocycles. The Hall–Kier alpha value is -4.74. The van der Waals surface area contributed by atoms with Crippen molar-refractivity contribution in [3.05, 3.63) is 101 Å². The quantitative estimate of drug-likeness (QED) is 0.148. The highest BCUT2D eigenvalue weighted by molar-refractivity contribution is 6.30. The van der Waals surface area contributed by atoms with Crippen molar-refractivity contribution in [2.24, 2.45) is 0 Å². The lowest BCUT2D eigenvalue weighted by molar-refractivity contribution is -0.155. The second-order valence-electron chi connectivity index (χ2n) is 16.3. The van der Waals surface area contributed by atoms with Gasteiger partial charge in [0.2, 0.25) is 0 Å². The lowest BCUT2D eigenvalue weighted by Gasteiger charge is -2.42. The van der Waals surface area contributed by atoms with Gasteiger partial charge >= 0.3 is 12.0 Å². The Morgan fingerprint density at radius 2 is 1.41 bits per heavy atom. The molecule has 9 nitrogen and oxygen atoms in total. The summed E-state index contributed by atoms with van der Waals surface area (Å²) in [7, 11) is 0. The molecular weight excluding hydrogens is 740 g/mol. The first-order valence-electron chi connectivity index (χ1n) is 19.4. The molecule has 0 spiro atoms. The van der Waals surface area contributed by atoms with E-state index in [2.05, 4.69) is 10.6 Å². The number of alkyl halides is 2. The summed E-state index contributed by atoms with van der Waals surface area (Å²) in [5.74, 6) is -5.22. The lowest BCUT2D eigenvalue weighted by atomic mass is 9.93. The molecule has 3 fully saturated rings. The Morgan fingerprint density at radius 3 is 2.04 bits per heavy atom. The molecule has 4 atom stereocenters. The molecule has 2 aliphatic heterocycles. The van der Waals surface area contributed by atoms with Gasteiger partial charge in [-0.25, -0.2) is 4.79 Å². The number of hydrogen-bond donors (Lipinski definition) is 3. The second-order valence-corrected chi connectivity index (χ2v) is 16.7. The van der Waals surface area contributed by atoms with Crippen LogP contribution in [0.3, 0.4) is 0 Å². The summed E-state index contributed by atoms with van der Waals surface area (Å²) in [6.07, 6.45) is 3.87. The van der Waals surface area contributed by atoms with Crippen LogP contribution in [0.5, 0.6) is 5.75 Å². The van der Waals surface area contributed by atoms with Crippen LogP contribution in [-0.4, -0.2) is 63.8 Å². The van der Waals surface area contributed by atoms with Gasteiger partial charge in [0, 0.05) is 28.7 Å². The first-order valence-corrected chi connectivity index (χ1v) is 19.8. The van der Waals surface area contributed by atoms with Crippen LogP contribution >= 0.6 is 11.6 Å². The van der Waals surface area contributed by atoms with E-state index < -0.39 is 59.2 Å². The number of amides is 3. The van der Waals surface area contributed by atoms with E-state index in [1.165, 1.54) is 29.2 Å². The number of rotatable bonds is 10. The molecule has 2 saturated heterocycles. The van der Waals surface area contributed by atoms with Gasteiger partial charge in [0.15, 0.2) is 12.1 Å². The molecule has 3 amide bonds. The maximum atomic E-state index is 16.9. The molecule has 4 aromatic rings. The molecule has 0 aromatic heterocycles. The Kier molecular flexibility index (Phi) is 11.3. The van der Waals surface area contributed by atoms with E-state index in [0.717, 1.165) is 47.8 Å². The van der Waals surface area contributed by atoms with Crippen molar-refractivity contribution in [1.29, 1.82) is 0 Å². The summed E-state index contributed by atoms with van der Waals surface area (Å²) in [5, 5.41) is 18.6. The average molecular weight is 788 g/mol. The third kappa shape index (κ3) is 8.79. The Labute approximate surface area is 330 Å². The molecule has 296 valence electrons.